The van der Waals surface area contributed by atoms with Gasteiger partial charge in [0.05, 0.1) is 5.69 Å². The van der Waals surface area contributed by atoms with Gasteiger partial charge in [0.15, 0.2) is 0 Å². The van der Waals surface area contributed by atoms with Crippen molar-refractivity contribution < 1.29 is 0 Å². The summed E-state index contributed by atoms with van der Waals surface area (Å²) in [5.74, 6) is 0. The first-order chi connectivity index (χ1) is 9.43. The van der Waals surface area contributed by atoms with Crippen molar-refractivity contribution in [3.05, 3.63) is 50.8 Å². The number of aryl methyl sites for hydroxylation is 3. The molecule has 20 heavy (non-hydrogen) atoms. The normalized spacial score (nSPS) is 12.7. The van der Waals surface area contributed by atoms with E-state index in [4.69, 9.17) is 23.2 Å². The van der Waals surface area contributed by atoms with E-state index in [1.807, 2.05) is 39.2 Å². The van der Waals surface area contributed by atoms with Crippen LogP contribution in [0.2, 0.25) is 10.2 Å². The molecule has 108 valence electrons. The highest BCUT2D eigenvalue weighted by Gasteiger charge is 2.19. The summed E-state index contributed by atoms with van der Waals surface area (Å²) in [5, 5.41) is 9.15. The molecule has 1 unspecified atom stereocenters. The fourth-order valence-corrected chi connectivity index (χ4v) is 2.90. The molecule has 0 aliphatic rings. The van der Waals surface area contributed by atoms with Gasteiger partial charge in [-0.3, -0.25) is 4.68 Å². The number of benzene rings is 1. The maximum absolute atomic E-state index is 6.32. The van der Waals surface area contributed by atoms with Gasteiger partial charge >= 0.3 is 0 Å². The second-order valence-corrected chi connectivity index (χ2v) is 5.82. The molecular weight excluding hydrogens is 293 g/mol. The average Bonchev–Trinajstić information content (AvgIpc) is 2.65. The molecule has 1 heterocycles. The zero-order valence-electron chi connectivity index (χ0n) is 12.2. The summed E-state index contributed by atoms with van der Waals surface area (Å²) in [5.41, 5.74) is 4.45. The summed E-state index contributed by atoms with van der Waals surface area (Å²) in [7, 11) is 3.81. The third-order valence-electron chi connectivity index (χ3n) is 3.64. The lowest BCUT2D eigenvalue weighted by atomic mass is 9.96. The number of nitrogens with zero attached hydrogens (tertiary/aromatic N) is 2. The summed E-state index contributed by atoms with van der Waals surface area (Å²) in [6, 6.07) is 6.13. The van der Waals surface area contributed by atoms with Crippen molar-refractivity contribution in [2.75, 3.05) is 7.05 Å². The Hall–Kier alpha value is -1.03. The van der Waals surface area contributed by atoms with Crippen molar-refractivity contribution >= 4 is 23.2 Å². The maximum atomic E-state index is 6.32. The minimum Gasteiger partial charge on any atom is -0.313 e. The molecule has 0 saturated carbocycles. The van der Waals surface area contributed by atoms with E-state index in [0.29, 0.717) is 5.15 Å². The monoisotopic (exact) mass is 311 g/mol. The van der Waals surface area contributed by atoms with Crippen molar-refractivity contribution in [1.29, 1.82) is 0 Å². The summed E-state index contributed by atoms with van der Waals surface area (Å²) in [4.78, 5) is 0. The zero-order valence-corrected chi connectivity index (χ0v) is 13.7. The summed E-state index contributed by atoms with van der Waals surface area (Å²) >= 11 is 12.4. The second-order valence-electron chi connectivity index (χ2n) is 5.02. The van der Waals surface area contributed by atoms with Gasteiger partial charge in [0.2, 0.25) is 0 Å². The highest BCUT2D eigenvalue weighted by atomic mass is 35.5. The molecule has 0 saturated heterocycles. The van der Waals surface area contributed by atoms with Crippen molar-refractivity contribution in [2.24, 2.45) is 7.05 Å². The molecule has 1 atom stereocenters. The summed E-state index contributed by atoms with van der Waals surface area (Å²) in [6.45, 7) is 4.08. The number of halogens is 2. The van der Waals surface area contributed by atoms with Crippen LogP contribution in [0, 0.1) is 13.8 Å². The van der Waals surface area contributed by atoms with Gasteiger partial charge in [0.1, 0.15) is 5.15 Å². The molecule has 1 N–H and O–H groups in total. The first kappa shape index (κ1) is 15.4. The van der Waals surface area contributed by atoms with Gasteiger partial charge in [-0.25, -0.2) is 0 Å². The van der Waals surface area contributed by atoms with Crippen LogP contribution in [0.1, 0.15) is 28.4 Å². The smallest absolute Gasteiger partial charge is 0.130 e. The molecule has 0 bridgehead atoms. The van der Waals surface area contributed by atoms with E-state index in [2.05, 4.69) is 17.3 Å². The Kier molecular flexibility index (Phi) is 4.74. The molecule has 0 amide bonds. The number of likely N-dealkylation sites (N-methyl/N-ethyl adjacent to an activating group) is 1. The largest absolute Gasteiger partial charge is 0.313 e. The van der Waals surface area contributed by atoms with Crippen molar-refractivity contribution in [3.8, 4) is 0 Å². The summed E-state index contributed by atoms with van der Waals surface area (Å²) in [6.07, 6.45) is 0.788. The number of nitrogens with one attached hydrogen (secondary N) is 1. The van der Waals surface area contributed by atoms with Crippen molar-refractivity contribution in [2.45, 2.75) is 26.3 Å². The number of hydrogen-bond acceptors (Lipinski definition) is 2. The number of rotatable bonds is 4. The van der Waals surface area contributed by atoms with Crippen molar-refractivity contribution in [3.63, 3.8) is 0 Å². The summed E-state index contributed by atoms with van der Waals surface area (Å²) < 4.78 is 1.71. The Morgan fingerprint density at radius 3 is 2.55 bits per heavy atom. The molecule has 1 aromatic heterocycles. The van der Waals surface area contributed by atoms with Crippen LogP contribution in [0.3, 0.4) is 0 Å². The van der Waals surface area contributed by atoms with Crippen LogP contribution in [0.15, 0.2) is 18.2 Å². The Labute approximate surface area is 129 Å². The predicted octanol–water partition coefficient (Wildman–Crippen LogP) is 3.85. The standard InChI is InChI=1S/C15H19Cl2N3/c1-9-5-6-11(16)7-12(9)14(18-3)8-13-10(2)19-20(4)15(13)17/h5-7,14,18H,8H2,1-4H3. The van der Waals surface area contributed by atoms with Crippen LogP contribution in [-0.4, -0.2) is 16.8 Å². The molecular formula is C15H19Cl2N3. The Morgan fingerprint density at radius 1 is 1.30 bits per heavy atom. The van der Waals surface area contributed by atoms with Crippen LogP contribution < -0.4 is 5.32 Å². The lowest BCUT2D eigenvalue weighted by Crippen LogP contribution is -2.20. The van der Waals surface area contributed by atoms with Crippen molar-refractivity contribution in [1.82, 2.24) is 15.1 Å². The molecule has 1 aromatic carbocycles. The van der Waals surface area contributed by atoms with Gasteiger partial charge in [-0.05, 0) is 50.6 Å². The fraction of sp³-hybridized carbons (Fsp3) is 0.400. The molecule has 0 aliphatic carbocycles. The third kappa shape index (κ3) is 3.00. The Morgan fingerprint density at radius 2 is 2.00 bits per heavy atom. The third-order valence-corrected chi connectivity index (χ3v) is 4.35. The van der Waals surface area contributed by atoms with E-state index >= 15 is 0 Å². The van der Waals surface area contributed by atoms with E-state index in [1.54, 1.807) is 4.68 Å². The SMILES string of the molecule is CNC(Cc1c(C)nn(C)c1Cl)c1cc(Cl)ccc1C. The number of aromatic nitrogens is 2. The highest BCUT2D eigenvalue weighted by molar-refractivity contribution is 6.30. The molecule has 5 heteroatoms. The minimum absolute atomic E-state index is 0.161. The second kappa shape index (κ2) is 6.17. The highest BCUT2D eigenvalue weighted by Crippen LogP contribution is 2.28. The first-order valence-corrected chi connectivity index (χ1v) is 7.31. The van der Waals surface area contributed by atoms with E-state index in [9.17, 15) is 0 Å². The lowest BCUT2D eigenvalue weighted by Gasteiger charge is -2.19. The molecule has 0 aliphatic heterocycles. The minimum atomic E-state index is 0.161. The Balaban J connectivity index is 2.36. The predicted molar refractivity (Wildman–Crippen MR) is 84.6 cm³/mol. The van der Waals surface area contributed by atoms with Gasteiger partial charge in [0.25, 0.3) is 0 Å². The van der Waals surface area contributed by atoms with E-state index < -0.39 is 0 Å². The van der Waals surface area contributed by atoms with E-state index in [1.165, 1.54) is 11.1 Å². The zero-order chi connectivity index (χ0) is 14.9. The number of hydrogen-bond donors (Lipinski definition) is 1. The molecule has 3 nitrogen and oxygen atoms in total. The average molecular weight is 312 g/mol. The van der Waals surface area contributed by atoms with E-state index in [-0.39, 0.29) is 6.04 Å². The van der Waals surface area contributed by atoms with Gasteiger partial charge in [-0.2, -0.15) is 5.10 Å². The van der Waals surface area contributed by atoms with Gasteiger partial charge < -0.3 is 5.32 Å². The molecule has 0 fully saturated rings. The topological polar surface area (TPSA) is 29.9 Å². The lowest BCUT2D eigenvalue weighted by molar-refractivity contribution is 0.587. The Bertz CT molecular complexity index is 620. The van der Waals surface area contributed by atoms with Crippen LogP contribution in [0.4, 0.5) is 0 Å². The first-order valence-electron chi connectivity index (χ1n) is 6.55. The fourth-order valence-electron chi connectivity index (χ4n) is 2.46. The molecule has 2 aromatic rings. The molecule has 0 radical (unpaired) electrons. The van der Waals surface area contributed by atoms with Crippen LogP contribution in [0.25, 0.3) is 0 Å². The molecule has 2 rings (SSSR count). The van der Waals surface area contributed by atoms with Gasteiger partial charge in [-0.15, -0.1) is 0 Å². The molecule has 0 spiro atoms. The van der Waals surface area contributed by atoms with E-state index in [0.717, 1.165) is 22.7 Å². The van der Waals surface area contributed by atoms with Crippen LogP contribution in [0.5, 0.6) is 0 Å². The maximum Gasteiger partial charge on any atom is 0.130 e. The van der Waals surface area contributed by atoms with Crippen LogP contribution >= 0.6 is 23.2 Å². The van der Waals surface area contributed by atoms with Gasteiger partial charge in [0, 0.05) is 23.7 Å². The quantitative estimate of drug-likeness (QED) is 0.929. The van der Waals surface area contributed by atoms with Crippen LogP contribution in [-0.2, 0) is 13.5 Å². The van der Waals surface area contributed by atoms with Gasteiger partial charge in [-0.1, -0.05) is 29.3 Å².